The van der Waals surface area contributed by atoms with Crippen LogP contribution in [0.2, 0.25) is 0 Å². The number of hydrogen-bond acceptors (Lipinski definition) is 4. The molecule has 2 N–H and O–H groups in total. The summed E-state index contributed by atoms with van der Waals surface area (Å²) >= 11 is 0. The summed E-state index contributed by atoms with van der Waals surface area (Å²) in [7, 11) is 0. The Morgan fingerprint density at radius 3 is 2.79 bits per heavy atom. The van der Waals surface area contributed by atoms with Crippen molar-refractivity contribution in [3.8, 4) is 17.1 Å². The molecular formula is C18H16N4O2. The predicted octanol–water partition coefficient (Wildman–Crippen LogP) is 2.09. The zero-order valence-corrected chi connectivity index (χ0v) is 12.9. The molecule has 1 aromatic heterocycles. The lowest BCUT2D eigenvalue weighted by molar-refractivity contribution is -0.127. The highest BCUT2D eigenvalue weighted by Gasteiger charge is 2.28. The molecule has 0 unspecified atom stereocenters. The van der Waals surface area contributed by atoms with Crippen LogP contribution >= 0.6 is 0 Å². The lowest BCUT2D eigenvalue weighted by Crippen LogP contribution is -2.37. The van der Waals surface area contributed by atoms with Gasteiger partial charge in [-0.3, -0.25) is 9.89 Å². The number of hydrogen-bond donors (Lipinski definition) is 2. The van der Waals surface area contributed by atoms with Crippen molar-refractivity contribution in [3.05, 3.63) is 66.0 Å². The number of carbonyl (C=O) groups excluding carboxylic acids is 1. The van der Waals surface area contributed by atoms with Gasteiger partial charge in [0.2, 0.25) is 0 Å². The van der Waals surface area contributed by atoms with E-state index in [9.17, 15) is 4.79 Å². The lowest BCUT2D eigenvalue weighted by Gasteiger charge is -2.10. The van der Waals surface area contributed by atoms with Crippen LogP contribution in [-0.4, -0.2) is 27.2 Å². The molecule has 3 aromatic rings. The van der Waals surface area contributed by atoms with Crippen LogP contribution in [0.15, 0.2) is 54.6 Å². The van der Waals surface area contributed by atoms with Crippen molar-refractivity contribution in [2.75, 3.05) is 0 Å². The summed E-state index contributed by atoms with van der Waals surface area (Å²) in [6.07, 6.45) is 0.104. The predicted molar refractivity (Wildman–Crippen MR) is 88.2 cm³/mol. The molecule has 1 amide bonds. The summed E-state index contributed by atoms with van der Waals surface area (Å²) in [5, 5.41) is 9.87. The molecule has 24 heavy (non-hydrogen) atoms. The van der Waals surface area contributed by atoms with E-state index >= 15 is 0 Å². The number of amides is 1. The van der Waals surface area contributed by atoms with Gasteiger partial charge in [0.1, 0.15) is 11.6 Å². The second-order valence-electron chi connectivity index (χ2n) is 5.61. The molecule has 1 atom stereocenters. The van der Waals surface area contributed by atoms with Crippen molar-refractivity contribution in [2.24, 2.45) is 0 Å². The SMILES string of the molecule is O=C(NCc1nc(-c2ccccc2)n[nH]1)[C@@H]1Cc2ccccc2O1. The molecule has 1 aliphatic rings. The molecular weight excluding hydrogens is 304 g/mol. The van der Waals surface area contributed by atoms with E-state index in [1.165, 1.54) is 0 Å². The highest BCUT2D eigenvalue weighted by Crippen LogP contribution is 2.28. The van der Waals surface area contributed by atoms with Crippen LogP contribution in [-0.2, 0) is 17.8 Å². The number of rotatable bonds is 4. The number of benzene rings is 2. The van der Waals surface area contributed by atoms with Gasteiger partial charge in [0, 0.05) is 12.0 Å². The third-order valence-electron chi connectivity index (χ3n) is 3.93. The Hall–Kier alpha value is -3.15. The van der Waals surface area contributed by atoms with Crippen molar-refractivity contribution >= 4 is 5.91 Å². The first-order valence-electron chi connectivity index (χ1n) is 7.78. The molecule has 0 radical (unpaired) electrons. The minimum atomic E-state index is -0.487. The molecule has 0 aliphatic carbocycles. The van der Waals surface area contributed by atoms with Crippen LogP contribution in [0.3, 0.4) is 0 Å². The van der Waals surface area contributed by atoms with E-state index < -0.39 is 6.10 Å². The Balaban J connectivity index is 1.36. The molecule has 4 rings (SSSR count). The highest BCUT2D eigenvalue weighted by molar-refractivity contribution is 5.82. The Bertz CT molecular complexity index is 835. The van der Waals surface area contributed by atoms with Crippen LogP contribution in [0.1, 0.15) is 11.4 Å². The molecule has 0 saturated carbocycles. The maximum Gasteiger partial charge on any atom is 0.261 e. The van der Waals surface area contributed by atoms with E-state index in [2.05, 4.69) is 20.5 Å². The molecule has 0 bridgehead atoms. The van der Waals surface area contributed by atoms with Crippen LogP contribution in [0, 0.1) is 0 Å². The zero-order chi connectivity index (χ0) is 16.4. The number of aromatic nitrogens is 3. The molecule has 2 aromatic carbocycles. The van der Waals surface area contributed by atoms with Gasteiger partial charge in [-0.2, -0.15) is 5.10 Å². The van der Waals surface area contributed by atoms with Crippen molar-refractivity contribution in [1.82, 2.24) is 20.5 Å². The first-order chi connectivity index (χ1) is 11.8. The molecule has 0 saturated heterocycles. The molecule has 6 heteroatoms. The molecule has 0 spiro atoms. The Morgan fingerprint density at radius 1 is 1.17 bits per heavy atom. The van der Waals surface area contributed by atoms with Crippen molar-refractivity contribution < 1.29 is 9.53 Å². The standard InChI is InChI=1S/C18H16N4O2/c23-18(15-10-13-8-4-5-9-14(13)24-15)19-11-16-20-17(22-21-16)12-6-2-1-3-7-12/h1-9,15H,10-11H2,(H,19,23)(H,20,21,22)/t15-/m0/s1. The van der Waals surface area contributed by atoms with Crippen LogP contribution in [0.25, 0.3) is 11.4 Å². The number of carbonyl (C=O) groups is 1. The van der Waals surface area contributed by atoms with Crippen LogP contribution in [0.4, 0.5) is 0 Å². The summed E-state index contributed by atoms with van der Waals surface area (Å²) in [5.74, 6) is 1.86. The molecule has 1 aliphatic heterocycles. The van der Waals surface area contributed by atoms with Crippen molar-refractivity contribution in [3.63, 3.8) is 0 Å². The number of H-pyrrole nitrogens is 1. The number of nitrogens with zero attached hydrogens (tertiary/aromatic N) is 2. The second kappa shape index (κ2) is 6.16. The lowest BCUT2D eigenvalue weighted by atomic mass is 10.1. The fraction of sp³-hybridized carbons (Fsp3) is 0.167. The van der Waals surface area contributed by atoms with Gasteiger partial charge in [-0.1, -0.05) is 48.5 Å². The zero-order valence-electron chi connectivity index (χ0n) is 12.9. The van der Waals surface area contributed by atoms with E-state index in [1.54, 1.807) is 0 Å². The monoisotopic (exact) mass is 320 g/mol. The quantitative estimate of drug-likeness (QED) is 0.771. The van der Waals surface area contributed by atoms with Gasteiger partial charge in [0.15, 0.2) is 11.9 Å². The molecule has 120 valence electrons. The number of aromatic amines is 1. The normalized spacial score (nSPS) is 15.6. The maximum absolute atomic E-state index is 12.3. The minimum Gasteiger partial charge on any atom is -0.480 e. The molecule has 2 heterocycles. The van der Waals surface area contributed by atoms with Gasteiger partial charge in [-0.05, 0) is 11.6 Å². The minimum absolute atomic E-state index is 0.149. The summed E-state index contributed by atoms with van der Waals surface area (Å²) in [6.45, 7) is 0.287. The average molecular weight is 320 g/mol. The van der Waals surface area contributed by atoms with Gasteiger partial charge < -0.3 is 10.1 Å². The third-order valence-corrected chi connectivity index (χ3v) is 3.93. The van der Waals surface area contributed by atoms with Gasteiger partial charge in [-0.25, -0.2) is 4.98 Å². The largest absolute Gasteiger partial charge is 0.480 e. The van der Waals surface area contributed by atoms with E-state index in [4.69, 9.17) is 4.74 Å². The summed E-state index contributed by atoms with van der Waals surface area (Å²) < 4.78 is 5.67. The van der Waals surface area contributed by atoms with E-state index in [0.717, 1.165) is 16.9 Å². The first kappa shape index (κ1) is 14.4. The third kappa shape index (κ3) is 2.86. The van der Waals surface area contributed by atoms with Crippen molar-refractivity contribution in [2.45, 2.75) is 19.1 Å². The molecule has 0 fully saturated rings. The van der Waals surface area contributed by atoms with Gasteiger partial charge >= 0.3 is 0 Å². The topological polar surface area (TPSA) is 79.9 Å². The second-order valence-corrected chi connectivity index (χ2v) is 5.61. The van der Waals surface area contributed by atoms with Crippen LogP contribution < -0.4 is 10.1 Å². The van der Waals surface area contributed by atoms with E-state index in [1.807, 2.05) is 54.6 Å². The Labute approximate surface area is 138 Å². The first-order valence-corrected chi connectivity index (χ1v) is 7.78. The van der Waals surface area contributed by atoms with Gasteiger partial charge in [0.05, 0.1) is 6.54 Å². The number of fused-ring (bicyclic) bond motifs is 1. The summed E-state index contributed by atoms with van der Waals surface area (Å²) in [6, 6.07) is 17.4. The Kier molecular flexibility index (Phi) is 3.70. The summed E-state index contributed by atoms with van der Waals surface area (Å²) in [4.78, 5) is 16.7. The van der Waals surface area contributed by atoms with E-state index in [0.29, 0.717) is 18.1 Å². The van der Waals surface area contributed by atoms with Crippen LogP contribution in [0.5, 0.6) is 5.75 Å². The van der Waals surface area contributed by atoms with Gasteiger partial charge in [-0.15, -0.1) is 0 Å². The smallest absolute Gasteiger partial charge is 0.261 e. The number of para-hydroxylation sites is 1. The fourth-order valence-electron chi connectivity index (χ4n) is 2.70. The number of ether oxygens (including phenoxy) is 1. The maximum atomic E-state index is 12.3. The summed E-state index contributed by atoms with van der Waals surface area (Å²) in [5.41, 5.74) is 1.99. The average Bonchev–Trinajstić information content (AvgIpc) is 3.27. The van der Waals surface area contributed by atoms with E-state index in [-0.39, 0.29) is 12.5 Å². The molecule has 6 nitrogen and oxygen atoms in total. The highest BCUT2D eigenvalue weighted by atomic mass is 16.5. The number of nitrogens with one attached hydrogen (secondary N) is 2. The van der Waals surface area contributed by atoms with Gasteiger partial charge in [0.25, 0.3) is 5.91 Å². The fourth-order valence-corrected chi connectivity index (χ4v) is 2.70. The Morgan fingerprint density at radius 2 is 1.96 bits per heavy atom. The van der Waals surface area contributed by atoms with Crippen molar-refractivity contribution in [1.29, 1.82) is 0 Å².